The summed E-state index contributed by atoms with van der Waals surface area (Å²) in [5.41, 5.74) is -0.493. The first kappa shape index (κ1) is 19.2. The van der Waals surface area contributed by atoms with E-state index in [2.05, 4.69) is 5.32 Å². The molecule has 1 saturated heterocycles. The molecule has 3 rings (SSSR count). The number of rotatable bonds is 5. The molecule has 1 heterocycles. The van der Waals surface area contributed by atoms with E-state index >= 15 is 0 Å². The minimum atomic E-state index is -0.735. The summed E-state index contributed by atoms with van der Waals surface area (Å²) in [6.07, 6.45) is 1.09. The molecule has 0 atom stereocenters. The maximum absolute atomic E-state index is 12.6. The van der Waals surface area contributed by atoms with Gasteiger partial charge in [-0.15, -0.1) is 0 Å². The van der Waals surface area contributed by atoms with Gasteiger partial charge in [-0.1, -0.05) is 23.4 Å². The molecule has 10 heteroatoms. The molecule has 2 aromatic rings. The number of hydrogen-bond acceptors (Lipinski definition) is 6. The molecule has 0 spiro atoms. The summed E-state index contributed by atoms with van der Waals surface area (Å²) in [5.74, 6) is -1.58. The van der Waals surface area contributed by atoms with Crippen LogP contribution in [-0.2, 0) is 4.79 Å². The molecule has 0 radical (unpaired) electrons. The Kier molecular flexibility index (Phi) is 5.18. The average Bonchev–Trinajstić information content (AvgIpc) is 2.91. The van der Waals surface area contributed by atoms with Gasteiger partial charge in [0.05, 0.1) is 23.3 Å². The van der Waals surface area contributed by atoms with Crippen molar-refractivity contribution < 1.29 is 24.4 Å². The van der Waals surface area contributed by atoms with Crippen LogP contribution >= 0.6 is 11.6 Å². The Labute approximate surface area is 163 Å². The van der Waals surface area contributed by atoms with Crippen molar-refractivity contribution in [2.24, 2.45) is 0 Å². The molecule has 28 heavy (non-hydrogen) atoms. The van der Waals surface area contributed by atoms with Crippen LogP contribution in [0.2, 0.25) is 5.02 Å². The highest BCUT2D eigenvalue weighted by molar-refractivity contribution is 6.32. The van der Waals surface area contributed by atoms with E-state index in [0.29, 0.717) is 5.02 Å². The second-order valence-electron chi connectivity index (χ2n) is 5.66. The summed E-state index contributed by atoms with van der Waals surface area (Å²) in [4.78, 5) is 36.1. The van der Waals surface area contributed by atoms with E-state index in [1.54, 1.807) is 19.1 Å². The van der Waals surface area contributed by atoms with Gasteiger partial charge in [-0.05, 0) is 36.8 Å². The van der Waals surface area contributed by atoms with Gasteiger partial charge < -0.3 is 15.2 Å². The maximum Gasteiger partial charge on any atom is 0.333 e. The monoisotopic (exact) mass is 402 g/mol. The Morgan fingerprint density at radius 3 is 2.68 bits per heavy atom. The van der Waals surface area contributed by atoms with Gasteiger partial charge in [-0.2, -0.15) is 0 Å². The lowest BCUT2D eigenvalue weighted by atomic mass is 10.1. The van der Waals surface area contributed by atoms with Gasteiger partial charge in [0.2, 0.25) is 0 Å². The van der Waals surface area contributed by atoms with Crippen LogP contribution in [0.3, 0.4) is 0 Å². The average molecular weight is 403 g/mol. The highest BCUT2D eigenvalue weighted by atomic mass is 35.5. The van der Waals surface area contributed by atoms with E-state index in [-0.39, 0.29) is 35.0 Å². The lowest BCUT2D eigenvalue weighted by molar-refractivity contribution is -0.385. The first-order chi connectivity index (χ1) is 13.3. The minimum absolute atomic E-state index is 0.130. The Balaban J connectivity index is 2.03. The molecule has 1 aliphatic heterocycles. The summed E-state index contributed by atoms with van der Waals surface area (Å²) in [6.45, 7) is 1.75. The number of amides is 3. The number of carbonyl (C=O) groups excluding carboxylic acids is 2. The zero-order chi connectivity index (χ0) is 20.4. The number of nitrogens with zero attached hydrogens (tertiary/aromatic N) is 2. The minimum Gasteiger partial charge on any atom is -0.870 e. The van der Waals surface area contributed by atoms with Gasteiger partial charge >= 0.3 is 6.03 Å². The predicted octanol–water partition coefficient (Wildman–Crippen LogP) is 2.82. The van der Waals surface area contributed by atoms with Crippen molar-refractivity contribution in [1.29, 1.82) is 0 Å². The number of anilines is 1. The van der Waals surface area contributed by atoms with Crippen LogP contribution < -0.4 is 20.1 Å². The zero-order valence-corrected chi connectivity index (χ0v) is 15.2. The SMILES string of the molecule is CCOc1cc([N+](=O)[O-])cc(/C=C2\NC(=O)N(c3cccc(Cl)c3)C2=O)c1[O-]. The molecule has 3 amide bonds. The molecule has 0 saturated carbocycles. The molecular weight excluding hydrogens is 390 g/mol. The molecule has 0 bridgehead atoms. The Hall–Kier alpha value is -3.59. The standard InChI is InChI=1S/C18H14ClN3O6/c1-2-28-15-9-13(22(26)27)6-10(16(15)23)7-14-17(24)21(18(25)20-14)12-5-3-4-11(19)8-12/h3-9,23H,2H2,1H3,(H,20,25)/p-1/b14-7-. The molecule has 0 unspecified atom stereocenters. The van der Waals surface area contributed by atoms with Crippen LogP contribution in [0.25, 0.3) is 6.08 Å². The Morgan fingerprint density at radius 1 is 1.29 bits per heavy atom. The van der Waals surface area contributed by atoms with Gasteiger partial charge in [0, 0.05) is 11.1 Å². The summed E-state index contributed by atoms with van der Waals surface area (Å²) in [5, 5.41) is 26.3. The number of nitro groups is 1. The first-order valence-electron chi connectivity index (χ1n) is 8.06. The highest BCUT2D eigenvalue weighted by Crippen LogP contribution is 2.34. The predicted molar refractivity (Wildman–Crippen MR) is 99.2 cm³/mol. The third kappa shape index (κ3) is 3.60. The lowest BCUT2D eigenvalue weighted by Crippen LogP contribution is -2.30. The molecule has 1 aliphatic rings. The highest BCUT2D eigenvalue weighted by Gasteiger charge is 2.35. The van der Waals surface area contributed by atoms with Gasteiger partial charge in [-0.25, -0.2) is 9.69 Å². The fourth-order valence-electron chi connectivity index (χ4n) is 2.62. The van der Waals surface area contributed by atoms with Crippen molar-refractivity contribution in [3.05, 3.63) is 62.8 Å². The van der Waals surface area contributed by atoms with Gasteiger partial charge in [-0.3, -0.25) is 14.9 Å². The van der Waals surface area contributed by atoms with Crippen LogP contribution in [0.1, 0.15) is 12.5 Å². The normalized spacial score (nSPS) is 15.1. The van der Waals surface area contributed by atoms with Crippen molar-refractivity contribution in [3.8, 4) is 11.5 Å². The fraction of sp³-hybridized carbons (Fsp3) is 0.111. The van der Waals surface area contributed by atoms with Crippen molar-refractivity contribution in [3.63, 3.8) is 0 Å². The molecule has 1 fully saturated rings. The summed E-state index contributed by atoms with van der Waals surface area (Å²) in [7, 11) is 0. The number of benzene rings is 2. The summed E-state index contributed by atoms with van der Waals surface area (Å²) >= 11 is 5.90. The van der Waals surface area contributed by atoms with E-state index in [4.69, 9.17) is 16.3 Å². The number of hydrogen-bond donors (Lipinski definition) is 1. The van der Waals surface area contributed by atoms with Crippen molar-refractivity contribution in [2.45, 2.75) is 6.92 Å². The van der Waals surface area contributed by atoms with Gasteiger partial charge in [0.25, 0.3) is 11.6 Å². The van der Waals surface area contributed by atoms with E-state index in [1.807, 2.05) is 0 Å². The number of ether oxygens (including phenoxy) is 1. The van der Waals surface area contributed by atoms with E-state index in [0.717, 1.165) is 23.1 Å². The quantitative estimate of drug-likeness (QED) is 0.355. The summed E-state index contributed by atoms with van der Waals surface area (Å²) in [6, 6.07) is 7.40. The fourth-order valence-corrected chi connectivity index (χ4v) is 2.81. The maximum atomic E-state index is 12.6. The molecular formula is C18H13ClN3O6-. The largest absolute Gasteiger partial charge is 0.870 e. The molecule has 2 aromatic carbocycles. The zero-order valence-electron chi connectivity index (χ0n) is 14.5. The van der Waals surface area contributed by atoms with Gasteiger partial charge in [0.1, 0.15) is 11.4 Å². The van der Waals surface area contributed by atoms with Crippen molar-refractivity contribution >= 4 is 41.0 Å². The smallest absolute Gasteiger partial charge is 0.333 e. The Bertz CT molecular complexity index is 1020. The number of urea groups is 1. The Morgan fingerprint density at radius 2 is 2.04 bits per heavy atom. The van der Waals surface area contributed by atoms with Crippen LogP contribution in [0.15, 0.2) is 42.1 Å². The number of nitrogens with one attached hydrogen (secondary N) is 1. The molecule has 9 nitrogen and oxygen atoms in total. The van der Waals surface area contributed by atoms with Crippen LogP contribution in [0, 0.1) is 10.1 Å². The number of non-ortho nitro benzene ring substituents is 1. The van der Waals surface area contributed by atoms with E-state index < -0.39 is 22.6 Å². The second-order valence-corrected chi connectivity index (χ2v) is 6.10. The molecule has 144 valence electrons. The molecule has 0 aliphatic carbocycles. The van der Waals surface area contributed by atoms with E-state index in [9.17, 15) is 24.8 Å². The second kappa shape index (κ2) is 7.57. The number of imide groups is 1. The molecule has 0 aromatic heterocycles. The van der Waals surface area contributed by atoms with Crippen molar-refractivity contribution in [2.75, 3.05) is 11.5 Å². The third-order valence-electron chi connectivity index (χ3n) is 3.82. The van der Waals surface area contributed by atoms with Crippen LogP contribution in [0.4, 0.5) is 16.2 Å². The van der Waals surface area contributed by atoms with Crippen LogP contribution in [0.5, 0.6) is 11.5 Å². The van der Waals surface area contributed by atoms with Crippen LogP contribution in [-0.4, -0.2) is 23.5 Å². The number of carbonyl (C=O) groups is 2. The van der Waals surface area contributed by atoms with Gasteiger partial charge in [0.15, 0.2) is 0 Å². The number of halogens is 1. The topological polar surface area (TPSA) is 125 Å². The first-order valence-corrected chi connectivity index (χ1v) is 8.44. The van der Waals surface area contributed by atoms with Crippen molar-refractivity contribution in [1.82, 2.24) is 5.32 Å². The number of nitro benzene ring substituents is 1. The molecule has 1 N–H and O–H groups in total. The third-order valence-corrected chi connectivity index (χ3v) is 4.06. The lowest BCUT2D eigenvalue weighted by Gasteiger charge is -2.17. The van der Waals surface area contributed by atoms with E-state index in [1.165, 1.54) is 12.1 Å². The summed E-state index contributed by atoms with van der Waals surface area (Å²) < 4.78 is 5.14.